The van der Waals surface area contributed by atoms with E-state index in [1.54, 1.807) is 10.6 Å². The third-order valence-corrected chi connectivity index (χ3v) is 4.27. The monoisotopic (exact) mass is 334 g/mol. The standard InChI is InChI=1S/C21H22N2O2/c1-13(2)23-19(20(24)22-17-9-6-14(3)7-10-17)12-16-8-5-15(4)11-18(16)21(23)25/h5-13H,1-4H3,(H,22,24). The van der Waals surface area contributed by atoms with E-state index in [1.807, 2.05) is 70.2 Å². The lowest BCUT2D eigenvalue weighted by Crippen LogP contribution is -2.30. The number of aryl methyl sites for hydroxylation is 2. The minimum absolute atomic E-state index is 0.115. The van der Waals surface area contributed by atoms with Crippen LogP contribution in [0.25, 0.3) is 10.8 Å². The molecule has 0 atom stereocenters. The summed E-state index contributed by atoms with van der Waals surface area (Å²) in [5.41, 5.74) is 3.10. The second kappa shape index (κ2) is 6.55. The molecule has 0 aliphatic rings. The Hall–Kier alpha value is -2.88. The number of nitrogens with zero attached hydrogens (tertiary/aromatic N) is 1. The van der Waals surface area contributed by atoms with Crippen LogP contribution >= 0.6 is 0 Å². The number of hydrogen-bond acceptors (Lipinski definition) is 2. The van der Waals surface area contributed by atoms with Crippen molar-refractivity contribution in [2.24, 2.45) is 0 Å². The van der Waals surface area contributed by atoms with Gasteiger partial charge in [-0.05, 0) is 57.3 Å². The van der Waals surface area contributed by atoms with Gasteiger partial charge in [-0.25, -0.2) is 0 Å². The van der Waals surface area contributed by atoms with Gasteiger partial charge in [-0.15, -0.1) is 0 Å². The van der Waals surface area contributed by atoms with E-state index < -0.39 is 0 Å². The molecule has 4 nitrogen and oxygen atoms in total. The van der Waals surface area contributed by atoms with Crippen molar-refractivity contribution in [2.45, 2.75) is 33.7 Å². The lowest BCUT2D eigenvalue weighted by Gasteiger charge is -2.17. The van der Waals surface area contributed by atoms with Crippen LogP contribution in [0.1, 0.15) is 41.5 Å². The van der Waals surface area contributed by atoms with Crippen LogP contribution in [0, 0.1) is 13.8 Å². The summed E-state index contributed by atoms with van der Waals surface area (Å²) >= 11 is 0. The highest BCUT2D eigenvalue weighted by Gasteiger charge is 2.18. The molecule has 3 aromatic rings. The molecule has 0 bridgehead atoms. The Morgan fingerprint density at radius 3 is 2.24 bits per heavy atom. The Bertz CT molecular complexity index is 999. The van der Waals surface area contributed by atoms with E-state index in [1.165, 1.54) is 0 Å². The first-order valence-electron chi connectivity index (χ1n) is 8.41. The zero-order valence-electron chi connectivity index (χ0n) is 15.0. The van der Waals surface area contributed by atoms with Gasteiger partial charge in [0.2, 0.25) is 0 Å². The average molecular weight is 334 g/mol. The van der Waals surface area contributed by atoms with Crippen molar-refractivity contribution in [3.63, 3.8) is 0 Å². The van der Waals surface area contributed by atoms with Gasteiger partial charge in [-0.3, -0.25) is 9.59 Å². The minimum atomic E-state index is -0.280. The number of hydrogen-bond donors (Lipinski definition) is 1. The fourth-order valence-corrected chi connectivity index (χ4v) is 2.96. The van der Waals surface area contributed by atoms with Crippen molar-refractivity contribution < 1.29 is 4.79 Å². The Morgan fingerprint density at radius 1 is 0.960 bits per heavy atom. The summed E-state index contributed by atoms with van der Waals surface area (Å²) in [4.78, 5) is 25.7. The van der Waals surface area contributed by atoms with Crippen molar-refractivity contribution in [2.75, 3.05) is 5.32 Å². The first-order valence-corrected chi connectivity index (χ1v) is 8.41. The van der Waals surface area contributed by atoms with Gasteiger partial charge in [0.25, 0.3) is 11.5 Å². The van der Waals surface area contributed by atoms with E-state index in [-0.39, 0.29) is 17.5 Å². The van der Waals surface area contributed by atoms with Crippen LogP contribution in [-0.4, -0.2) is 10.5 Å². The average Bonchev–Trinajstić information content (AvgIpc) is 2.57. The number of carbonyl (C=O) groups excluding carboxylic acids is 1. The second-order valence-electron chi connectivity index (χ2n) is 6.71. The van der Waals surface area contributed by atoms with E-state index in [0.29, 0.717) is 16.8 Å². The molecule has 0 radical (unpaired) electrons. The Morgan fingerprint density at radius 2 is 1.60 bits per heavy atom. The molecule has 25 heavy (non-hydrogen) atoms. The number of pyridine rings is 1. The summed E-state index contributed by atoms with van der Waals surface area (Å²) in [5.74, 6) is -0.280. The Kier molecular flexibility index (Phi) is 4.45. The van der Waals surface area contributed by atoms with Gasteiger partial charge < -0.3 is 9.88 Å². The van der Waals surface area contributed by atoms with Crippen LogP contribution in [-0.2, 0) is 0 Å². The zero-order valence-corrected chi connectivity index (χ0v) is 15.0. The van der Waals surface area contributed by atoms with Crippen LogP contribution in [0.5, 0.6) is 0 Å². The summed E-state index contributed by atoms with van der Waals surface area (Å²) in [6.45, 7) is 7.77. The van der Waals surface area contributed by atoms with Gasteiger partial charge in [-0.2, -0.15) is 0 Å². The van der Waals surface area contributed by atoms with Gasteiger partial charge in [0, 0.05) is 17.1 Å². The molecule has 1 N–H and O–H groups in total. The van der Waals surface area contributed by atoms with Gasteiger partial charge >= 0.3 is 0 Å². The quantitative estimate of drug-likeness (QED) is 0.769. The molecule has 0 aliphatic carbocycles. The predicted octanol–water partition coefficient (Wildman–Crippen LogP) is 4.45. The van der Waals surface area contributed by atoms with E-state index >= 15 is 0 Å². The maximum Gasteiger partial charge on any atom is 0.272 e. The molecule has 2 aromatic carbocycles. The molecule has 0 spiro atoms. The molecular weight excluding hydrogens is 312 g/mol. The molecule has 0 fully saturated rings. The second-order valence-corrected chi connectivity index (χ2v) is 6.71. The van der Waals surface area contributed by atoms with Gasteiger partial charge in [0.1, 0.15) is 5.69 Å². The van der Waals surface area contributed by atoms with Gasteiger partial charge in [-0.1, -0.05) is 35.4 Å². The molecule has 0 aliphatic heterocycles. The Labute approximate surface area is 147 Å². The number of benzene rings is 2. The topological polar surface area (TPSA) is 51.1 Å². The van der Waals surface area contributed by atoms with E-state index in [0.717, 1.165) is 16.5 Å². The largest absolute Gasteiger partial charge is 0.321 e. The highest BCUT2D eigenvalue weighted by Crippen LogP contribution is 2.18. The van der Waals surface area contributed by atoms with Gasteiger partial charge in [0.05, 0.1) is 0 Å². The van der Waals surface area contributed by atoms with Crippen molar-refractivity contribution in [3.05, 3.63) is 75.7 Å². The maximum atomic E-state index is 12.9. The first kappa shape index (κ1) is 17.0. The molecule has 1 amide bonds. The number of carbonyl (C=O) groups is 1. The number of nitrogens with one attached hydrogen (secondary N) is 1. The third kappa shape index (κ3) is 3.33. The summed E-state index contributed by atoms with van der Waals surface area (Å²) < 4.78 is 1.56. The fourth-order valence-electron chi connectivity index (χ4n) is 2.96. The highest BCUT2D eigenvalue weighted by molar-refractivity contribution is 6.05. The highest BCUT2D eigenvalue weighted by atomic mass is 16.2. The lowest BCUT2D eigenvalue weighted by atomic mass is 10.1. The molecule has 1 heterocycles. The molecule has 0 saturated heterocycles. The number of amides is 1. The van der Waals surface area contributed by atoms with Crippen molar-refractivity contribution in [1.82, 2.24) is 4.57 Å². The Balaban J connectivity index is 2.12. The van der Waals surface area contributed by atoms with E-state index in [9.17, 15) is 9.59 Å². The van der Waals surface area contributed by atoms with Crippen molar-refractivity contribution >= 4 is 22.4 Å². The third-order valence-electron chi connectivity index (χ3n) is 4.27. The molecular formula is C21H22N2O2. The molecule has 128 valence electrons. The van der Waals surface area contributed by atoms with Crippen LogP contribution in [0.15, 0.2) is 53.3 Å². The molecule has 3 rings (SSSR count). The lowest BCUT2D eigenvalue weighted by molar-refractivity contribution is 0.101. The summed E-state index contributed by atoms with van der Waals surface area (Å²) in [7, 11) is 0. The van der Waals surface area contributed by atoms with Crippen LogP contribution < -0.4 is 10.9 Å². The van der Waals surface area contributed by atoms with E-state index in [4.69, 9.17) is 0 Å². The SMILES string of the molecule is Cc1ccc(NC(=O)c2cc3ccc(C)cc3c(=O)n2C(C)C)cc1. The maximum absolute atomic E-state index is 12.9. The molecule has 4 heteroatoms. The summed E-state index contributed by atoms with van der Waals surface area (Å²) in [5, 5.41) is 4.30. The number of anilines is 1. The van der Waals surface area contributed by atoms with Crippen LogP contribution in [0.4, 0.5) is 5.69 Å². The molecule has 1 aromatic heterocycles. The zero-order chi connectivity index (χ0) is 18.1. The minimum Gasteiger partial charge on any atom is -0.321 e. The van der Waals surface area contributed by atoms with Crippen molar-refractivity contribution in [1.29, 1.82) is 0 Å². The van der Waals surface area contributed by atoms with Crippen molar-refractivity contribution in [3.8, 4) is 0 Å². The van der Waals surface area contributed by atoms with Gasteiger partial charge in [0.15, 0.2) is 0 Å². The summed E-state index contributed by atoms with van der Waals surface area (Å²) in [6.07, 6.45) is 0. The van der Waals surface area contributed by atoms with Crippen LogP contribution in [0.2, 0.25) is 0 Å². The predicted molar refractivity (Wildman–Crippen MR) is 102 cm³/mol. The summed E-state index contributed by atoms with van der Waals surface area (Å²) in [6, 6.07) is 15.0. The number of fused-ring (bicyclic) bond motifs is 1. The molecule has 0 saturated carbocycles. The normalized spacial score (nSPS) is 11.1. The van der Waals surface area contributed by atoms with E-state index in [2.05, 4.69) is 5.32 Å². The smallest absolute Gasteiger partial charge is 0.272 e. The first-order chi connectivity index (χ1) is 11.9. The van der Waals surface area contributed by atoms with Crippen LogP contribution in [0.3, 0.4) is 0 Å². The number of aromatic nitrogens is 1. The number of rotatable bonds is 3. The molecule has 0 unspecified atom stereocenters. The fraction of sp³-hybridized carbons (Fsp3) is 0.238.